The van der Waals surface area contributed by atoms with Crippen LogP contribution in [0.2, 0.25) is 0 Å². The standard InChI is InChI=1S/C12H25N3/c1-4-7-14-12(13)15-11-6-5-9(2)8-10(11)3/h9-11H,4-8H2,1-3H3,(H3,13,14,15). The van der Waals surface area contributed by atoms with Crippen molar-refractivity contribution in [2.45, 2.75) is 52.5 Å². The zero-order chi connectivity index (χ0) is 11.3. The molecule has 1 aliphatic carbocycles. The molecule has 1 saturated carbocycles. The van der Waals surface area contributed by atoms with Crippen molar-refractivity contribution in [2.24, 2.45) is 22.6 Å². The Morgan fingerprint density at radius 2 is 2.13 bits per heavy atom. The molecule has 0 aromatic heterocycles. The van der Waals surface area contributed by atoms with Crippen LogP contribution in [0.5, 0.6) is 0 Å². The summed E-state index contributed by atoms with van der Waals surface area (Å²) in [7, 11) is 0. The van der Waals surface area contributed by atoms with Crippen molar-refractivity contribution in [1.29, 1.82) is 0 Å². The third-order valence-corrected chi connectivity index (χ3v) is 3.27. The highest BCUT2D eigenvalue weighted by Crippen LogP contribution is 2.28. The Morgan fingerprint density at radius 3 is 2.73 bits per heavy atom. The molecule has 0 spiro atoms. The normalized spacial score (nSPS) is 32.7. The molecule has 0 radical (unpaired) electrons. The monoisotopic (exact) mass is 211 g/mol. The van der Waals surface area contributed by atoms with Gasteiger partial charge in [0.25, 0.3) is 0 Å². The average Bonchev–Trinajstić information content (AvgIpc) is 2.19. The molecular formula is C12H25N3. The molecule has 1 rings (SSSR count). The molecule has 3 unspecified atom stereocenters. The number of hydrogen-bond acceptors (Lipinski definition) is 1. The lowest BCUT2D eigenvalue weighted by Crippen LogP contribution is -2.45. The highest BCUT2D eigenvalue weighted by atomic mass is 15.1. The minimum atomic E-state index is 0.529. The number of rotatable bonds is 3. The third-order valence-electron chi connectivity index (χ3n) is 3.27. The Labute approximate surface area is 93.5 Å². The minimum absolute atomic E-state index is 0.529. The first-order valence-corrected chi connectivity index (χ1v) is 6.20. The Balaban J connectivity index is 2.37. The summed E-state index contributed by atoms with van der Waals surface area (Å²) in [5.74, 6) is 2.21. The second-order valence-electron chi connectivity index (χ2n) is 4.91. The zero-order valence-corrected chi connectivity index (χ0v) is 10.3. The number of guanidine groups is 1. The topological polar surface area (TPSA) is 50.4 Å². The lowest BCUT2D eigenvalue weighted by atomic mass is 9.80. The predicted molar refractivity (Wildman–Crippen MR) is 65.9 cm³/mol. The molecule has 3 N–H and O–H groups in total. The van der Waals surface area contributed by atoms with E-state index in [0.717, 1.165) is 18.9 Å². The molecule has 15 heavy (non-hydrogen) atoms. The largest absolute Gasteiger partial charge is 0.370 e. The summed E-state index contributed by atoms with van der Waals surface area (Å²) in [6, 6.07) is 0.529. The molecule has 3 atom stereocenters. The van der Waals surface area contributed by atoms with E-state index >= 15 is 0 Å². The van der Waals surface area contributed by atoms with Crippen LogP contribution in [0.15, 0.2) is 4.99 Å². The molecule has 0 amide bonds. The van der Waals surface area contributed by atoms with Crippen LogP contribution in [0, 0.1) is 11.8 Å². The molecule has 3 nitrogen and oxygen atoms in total. The maximum absolute atomic E-state index is 5.83. The van der Waals surface area contributed by atoms with E-state index in [1.165, 1.54) is 19.3 Å². The Morgan fingerprint density at radius 1 is 1.40 bits per heavy atom. The quantitative estimate of drug-likeness (QED) is 0.555. The highest BCUT2D eigenvalue weighted by molar-refractivity contribution is 5.78. The second kappa shape index (κ2) is 5.99. The van der Waals surface area contributed by atoms with E-state index in [1.807, 2.05) is 0 Å². The molecule has 0 aromatic rings. The van der Waals surface area contributed by atoms with Crippen LogP contribution in [-0.2, 0) is 0 Å². The first-order valence-electron chi connectivity index (χ1n) is 6.20. The van der Waals surface area contributed by atoms with Gasteiger partial charge in [0.15, 0.2) is 5.96 Å². The first kappa shape index (κ1) is 12.3. The highest BCUT2D eigenvalue weighted by Gasteiger charge is 2.25. The fourth-order valence-electron chi connectivity index (χ4n) is 2.35. The summed E-state index contributed by atoms with van der Waals surface area (Å²) in [6.45, 7) is 7.58. The smallest absolute Gasteiger partial charge is 0.188 e. The van der Waals surface area contributed by atoms with Gasteiger partial charge >= 0.3 is 0 Å². The third kappa shape index (κ3) is 4.10. The second-order valence-corrected chi connectivity index (χ2v) is 4.91. The molecule has 0 saturated heterocycles. The maximum Gasteiger partial charge on any atom is 0.188 e. The Hall–Kier alpha value is -0.730. The fourth-order valence-corrected chi connectivity index (χ4v) is 2.35. The Bertz CT molecular complexity index is 213. The van der Waals surface area contributed by atoms with Gasteiger partial charge in [-0.2, -0.15) is 0 Å². The van der Waals surface area contributed by atoms with Gasteiger partial charge in [0, 0.05) is 12.6 Å². The maximum atomic E-state index is 5.83. The van der Waals surface area contributed by atoms with Gasteiger partial charge in [-0.15, -0.1) is 0 Å². The molecule has 0 heterocycles. The minimum Gasteiger partial charge on any atom is -0.370 e. The van der Waals surface area contributed by atoms with Crippen LogP contribution in [0.25, 0.3) is 0 Å². The predicted octanol–water partition coefficient (Wildman–Crippen LogP) is 2.13. The van der Waals surface area contributed by atoms with Crippen molar-refractivity contribution < 1.29 is 0 Å². The van der Waals surface area contributed by atoms with Crippen molar-refractivity contribution in [3.05, 3.63) is 0 Å². The lowest BCUT2D eigenvalue weighted by Gasteiger charge is -2.33. The summed E-state index contributed by atoms with van der Waals surface area (Å²) in [4.78, 5) is 4.27. The zero-order valence-electron chi connectivity index (χ0n) is 10.3. The van der Waals surface area contributed by atoms with Crippen molar-refractivity contribution >= 4 is 5.96 Å². The molecule has 1 fully saturated rings. The summed E-state index contributed by atoms with van der Waals surface area (Å²) >= 11 is 0. The van der Waals surface area contributed by atoms with Gasteiger partial charge in [-0.1, -0.05) is 20.8 Å². The van der Waals surface area contributed by atoms with E-state index in [-0.39, 0.29) is 0 Å². The molecule has 3 heteroatoms. The van der Waals surface area contributed by atoms with Crippen LogP contribution >= 0.6 is 0 Å². The van der Waals surface area contributed by atoms with E-state index < -0.39 is 0 Å². The molecule has 0 aromatic carbocycles. The van der Waals surface area contributed by atoms with Gasteiger partial charge in [0.05, 0.1) is 0 Å². The fraction of sp³-hybridized carbons (Fsp3) is 0.917. The molecule has 88 valence electrons. The molecule has 1 aliphatic rings. The molecular weight excluding hydrogens is 186 g/mol. The molecule has 0 bridgehead atoms. The summed E-state index contributed by atoms with van der Waals surface area (Å²) in [5, 5.41) is 3.35. The van der Waals surface area contributed by atoms with Gasteiger partial charge in [-0.25, -0.2) is 0 Å². The summed E-state index contributed by atoms with van der Waals surface area (Å²) < 4.78 is 0. The van der Waals surface area contributed by atoms with Crippen molar-refractivity contribution in [3.63, 3.8) is 0 Å². The SMILES string of the molecule is CCCN=C(N)NC1CCC(C)CC1C. The number of nitrogens with two attached hydrogens (primary N) is 1. The number of nitrogens with zero attached hydrogens (tertiary/aromatic N) is 1. The van der Waals surface area contributed by atoms with Crippen LogP contribution in [0.3, 0.4) is 0 Å². The van der Waals surface area contributed by atoms with Crippen LogP contribution in [0.1, 0.15) is 46.5 Å². The van der Waals surface area contributed by atoms with E-state index in [9.17, 15) is 0 Å². The van der Waals surface area contributed by atoms with Crippen molar-refractivity contribution in [2.75, 3.05) is 6.54 Å². The van der Waals surface area contributed by atoms with Gasteiger partial charge < -0.3 is 11.1 Å². The summed E-state index contributed by atoms with van der Waals surface area (Å²) in [6.07, 6.45) is 4.89. The number of nitrogens with one attached hydrogen (secondary N) is 1. The average molecular weight is 211 g/mol. The van der Waals surface area contributed by atoms with Gasteiger partial charge in [0.2, 0.25) is 0 Å². The lowest BCUT2D eigenvalue weighted by molar-refractivity contribution is 0.247. The van der Waals surface area contributed by atoms with E-state index in [1.54, 1.807) is 0 Å². The van der Waals surface area contributed by atoms with Gasteiger partial charge in [0.1, 0.15) is 0 Å². The van der Waals surface area contributed by atoms with Crippen LogP contribution in [0.4, 0.5) is 0 Å². The van der Waals surface area contributed by atoms with Crippen molar-refractivity contribution in [1.82, 2.24) is 5.32 Å². The van der Waals surface area contributed by atoms with E-state index in [4.69, 9.17) is 5.73 Å². The Kier molecular flexibility index (Phi) is 4.92. The van der Waals surface area contributed by atoms with Gasteiger partial charge in [-0.3, -0.25) is 4.99 Å². The van der Waals surface area contributed by atoms with E-state index in [0.29, 0.717) is 17.9 Å². The van der Waals surface area contributed by atoms with Gasteiger partial charge in [-0.05, 0) is 37.5 Å². The molecule has 0 aliphatic heterocycles. The first-order chi connectivity index (χ1) is 7.13. The van der Waals surface area contributed by atoms with Crippen LogP contribution in [-0.4, -0.2) is 18.5 Å². The van der Waals surface area contributed by atoms with Crippen LogP contribution < -0.4 is 11.1 Å². The number of aliphatic imine (C=N–C) groups is 1. The van der Waals surface area contributed by atoms with Crippen molar-refractivity contribution in [3.8, 4) is 0 Å². The van der Waals surface area contributed by atoms with E-state index in [2.05, 4.69) is 31.1 Å². The number of hydrogen-bond donors (Lipinski definition) is 2. The summed E-state index contributed by atoms with van der Waals surface area (Å²) in [5.41, 5.74) is 5.83.